The molecule has 0 aliphatic rings. The third-order valence-electron chi connectivity index (χ3n) is 2.44. The van der Waals surface area contributed by atoms with E-state index in [0.717, 1.165) is 0 Å². The van der Waals surface area contributed by atoms with Crippen molar-refractivity contribution in [1.29, 1.82) is 0 Å². The second-order valence-corrected chi connectivity index (χ2v) is 4.58. The average Bonchev–Trinajstić information content (AvgIpc) is 2.30. The summed E-state index contributed by atoms with van der Waals surface area (Å²) in [5.74, 6) is -0.695. The van der Waals surface area contributed by atoms with Gasteiger partial charge in [0.1, 0.15) is 6.04 Å². The van der Waals surface area contributed by atoms with Crippen LogP contribution < -0.4 is 5.32 Å². The molecular formula is C12H24N2O4. The van der Waals surface area contributed by atoms with Crippen LogP contribution in [-0.2, 0) is 9.53 Å². The van der Waals surface area contributed by atoms with Crippen LogP contribution in [0.3, 0.4) is 0 Å². The van der Waals surface area contributed by atoms with E-state index >= 15 is 0 Å². The van der Waals surface area contributed by atoms with Crippen LogP contribution in [0.15, 0.2) is 0 Å². The number of carboxylic acid groups (broad SMARTS) is 1. The maximum absolute atomic E-state index is 12.0. The fourth-order valence-electron chi connectivity index (χ4n) is 1.50. The fraction of sp³-hybridized carbons (Fsp3) is 0.833. The number of carbonyl (C=O) groups excluding carboxylic acids is 1. The number of nitrogens with zero attached hydrogens (tertiary/aromatic N) is 1. The third kappa shape index (κ3) is 6.44. The van der Waals surface area contributed by atoms with Gasteiger partial charge in [0, 0.05) is 20.2 Å². The van der Waals surface area contributed by atoms with Gasteiger partial charge in [-0.1, -0.05) is 20.8 Å². The summed E-state index contributed by atoms with van der Waals surface area (Å²) >= 11 is 0. The number of rotatable bonds is 8. The number of urea groups is 1. The van der Waals surface area contributed by atoms with E-state index in [4.69, 9.17) is 9.84 Å². The van der Waals surface area contributed by atoms with E-state index in [9.17, 15) is 9.59 Å². The Morgan fingerprint density at radius 1 is 1.39 bits per heavy atom. The lowest BCUT2D eigenvalue weighted by Crippen LogP contribution is -2.49. The number of ether oxygens (including phenoxy) is 1. The summed E-state index contributed by atoms with van der Waals surface area (Å²) < 4.78 is 4.94. The molecule has 0 aromatic carbocycles. The van der Waals surface area contributed by atoms with Gasteiger partial charge in [0.2, 0.25) is 0 Å². The van der Waals surface area contributed by atoms with Gasteiger partial charge in [-0.15, -0.1) is 0 Å². The molecule has 0 aromatic rings. The zero-order valence-electron chi connectivity index (χ0n) is 11.6. The van der Waals surface area contributed by atoms with Crippen LogP contribution in [-0.4, -0.2) is 54.9 Å². The predicted octanol–water partition coefficient (Wildman–Crippen LogP) is 1.16. The van der Waals surface area contributed by atoms with Gasteiger partial charge in [0.15, 0.2) is 0 Å². The Morgan fingerprint density at radius 2 is 2.00 bits per heavy atom. The average molecular weight is 260 g/mol. The van der Waals surface area contributed by atoms with E-state index in [1.165, 1.54) is 0 Å². The van der Waals surface area contributed by atoms with Gasteiger partial charge in [-0.2, -0.15) is 0 Å². The molecule has 1 atom stereocenters. The van der Waals surface area contributed by atoms with Crippen LogP contribution in [0.4, 0.5) is 4.79 Å². The van der Waals surface area contributed by atoms with Crippen LogP contribution in [0.1, 0.15) is 27.2 Å². The first-order valence-electron chi connectivity index (χ1n) is 6.19. The largest absolute Gasteiger partial charge is 0.480 e. The topological polar surface area (TPSA) is 78.9 Å². The highest BCUT2D eigenvalue weighted by Crippen LogP contribution is 2.01. The summed E-state index contributed by atoms with van der Waals surface area (Å²) in [6.45, 7) is 7.19. The lowest BCUT2D eigenvalue weighted by molar-refractivity contribution is -0.139. The van der Waals surface area contributed by atoms with Crippen molar-refractivity contribution in [3.05, 3.63) is 0 Å². The van der Waals surface area contributed by atoms with Gasteiger partial charge in [-0.25, -0.2) is 9.59 Å². The molecule has 6 heteroatoms. The Bertz CT molecular complexity index is 269. The third-order valence-corrected chi connectivity index (χ3v) is 2.44. The first kappa shape index (κ1) is 16.7. The van der Waals surface area contributed by atoms with Gasteiger partial charge in [0.25, 0.3) is 0 Å². The lowest BCUT2D eigenvalue weighted by atomic mass is 10.2. The minimum Gasteiger partial charge on any atom is -0.480 e. The number of methoxy groups -OCH3 is 1. The number of nitrogens with one attached hydrogen (secondary N) is 1. The number of carbonyl (C=O) groups is 2. The van der Waals surface area contributed by atoms with Crippen molar-refractivity contribution in [3.8, 4) is 0 Å². The fourth-order valence-corrected chi connectivity index (χ4v) is 1.50. The molecule has 0 fully saturated rings. The summed E-state index contributed by atoms with van der Waals surface area (Å²) in [5.41, 5.74) is 0. The predicted molar refractivity (Wildman–Crippen MR) is 68.5 cm³/mol. The Labute approximate surface area is 108 Å². The molecule has 0 saturated carbocycles. The van der Waals surface area contributed by atoms with Crippen LogP contribution in [0.5, 0.6) is 0 Å². The molecule has 0 bridgehead atoms. The Morgan fingerprint density at radius 3 is 2.39 bits per heavy atom. The second-order valence-electron chi connectivity index (χ2n) is 4.58. The van der Waals surface area contributed by atoms with Crippen molar-refractivity contribution in [1.82, 2.24) is 10.2 Å². The van der Waals surface area contributed by atoms with Gasteiger partial charge in [-0.05, 0) is 12.3 Å². The number of hydrogen-bond acceptors (Lipinski definition) is 3. The van der Waals surface area contributed by atoms with Crippen LogP contribution in [0, 0.1) is 5.92 Å². The summed E-state index contributed by atoms with van der Waals surface area (Å²) in [6.07, 6.45) is 0.362. The molecule has 6 nitrogen and oxygen atoms in total. The standard InChI is InChI=1S/C12H24N2O4/c1-5-10(11(15)16)13-12(17)14(6-7-18-4)8-9(2)3/h9-10H,5-8H2,1-4H3,(H,13,17)(H,15,16). The monoisotopic (exact) mass is 260 g/mol. The molecule has 0 rings (SSSR count). The van der Waals surface area contributed by atoms with Crippen LogP contribution >= 0.6 is 0 Å². The quantitative estimate of drug-likeness (QED) is 0.686. The molecule has 0 saturated heterocycles. The molecule has 0 aliphatic carbocycles. The second kappa shape index (κ2) is 8.74. The van der Waals surface area contributed by atoms with Crippen molar-refractivity contribution in [2.24, 2.45) is 5.92 Å². The molecule has 18 heavy (non-hydrogen) atoms. The van der Waals surface area contributed by atoms with Gasteiger partial charge in [0.05, 0.1) is 6.61 Å². The van der Waals surface area contributed by atoms with Crippen LogP contribution in [0.2, 0.25) is 0 Å². The zero-order valence-corrected chi connectivity index (χ0v) is 11.6. The highest BCUT2D eigenvalue weighted by molar-refractivity contribution is 5.82. The summed E-state index contributed by atoms with van der Waals surface area (Å²) in [5, 5.41) is 11.4. The van der Waals surface area contributed by atoms with Gasteiger partial charge < -0.3 is 20.1 Å². The minimum absolute atomic E-state index is 0.317. The minimum atomic E-state index is -1.01. The first-order chi connectivity index (χ1) is 8.42. The van der Waals surface area contributed by atoms with Gasteiger partial charge >= 0.3 is 12.0 Å². The highest BCUT2D eigenvalue weighted by Gasteiger charge is 2.21. The van der Waals surface area contributed by atoms with Gasteiger partial charge in [-0.3, -0.25) is 0 Å². The number of carboxylic acids is 1. The van der Waals surface area contributed by atoms with E-state index < -0.39 is 12.0 Å². The maximum Gasteiger partial charge on any atom is 0.326 e. The van der Waals surface area contributed by atoms with Crippen molar-refractivity contribution in [3.63, 3.8) is 0 Å². The Kier molecular flexibility index (Phi) is 8.11. The SMILES string of the molecule is CCC(NC(=O)N(CCOC)CC(C)C)C(=O)O. The van der Waals surface area contributed by atoms with Crippen molar-refractivity contribution < 1.29 is 19.4 Å². The zero-order chi connectivity index (χ0) is 14.1. The molecule has 1 unspecified atom stereocenters. The van der Waals surface area contributed by atoms with Crippen molar-refractivity contribution in [2.45, 2.75) is 33.2 Å². The molecule has 0 heterocycles. The Hall–Kier alpha value is -1.30. The first-order valence-corrected chi connectivity index (χ1v) is 6.19. The molecule has 0 spiro atoms. The summed E-state index contributed by atoms with van der Waals surface area (Å²) in [6, 6.07) is -1.19. The molecule has 106 valence electrons. The smallest absolute Gasteiger partial charge is 0.326 e. The summed E-state index contributed by atoms with van der Waals surface area (Å²) in [4.78, 5) is 24.4. The molecule has 0 aliphatic heterocycles. The summed E-state index contributed by atoms with van der Waals surface area (Å²) in [7, 11) is 1.57. The molecular weight excluding hydrogens is 236 g/mol. The normalized spacial score (nSPS) is 12.3. The van der Waals surface area contributed by atoms with Crippen LogP contribution in [0.25, 0.3) is 0 Å². The van der Waals surface area contributed by atoms with E-state index in [-0.39, 0.29) is 6.03 Å². The molecule has 0 aromatic heterocycles. The number of hydrogen-bond donors (Lipinski definition) is 2. The Balaban J connectivity index is 4.47. The lowest BCUT2D eigenvalue weighted by Gasteiger charge is -2.26. The number of amides is 2. The van der Waals surface area contributed by atoms with Crippen molar-refractivity contribution in [2.75, 3.05) is 26.8 Å². The molecule has 2 N–H and O–H groups in total. The van der Waals surface area contributed by atoms with E-state index in [2.05, 4.69) is 5.32 Å². The van der Waals surface area contributed by atoms with E-state index in [0.29, 0.717) is 32.0 Å². The molecule has 2 amide bonds. The highest BCUT2D eigenvalue weighted by atomic mass is 16.5. The van der Waals surface area contributed by atoms with E-state index in [1.807, 2.05) is 13.8 Å². The molecule has 0 radical (unpaired) electrons. The van der Waals surface area contributed by atoms with Crippen molar-refractivity contribution >= 4 is 12.0 Å². The number of aliphatic carboxylic acids is 1. The van der Waals surface area contributed by atoms with E-state index in [1.54, 1.807) is 18.9 Å². The maximum atomic E-state index is 12.0.